The van der Waals surface area contributed by atoms with Gasteiger partial charge in [-0.15, -0.1) is 24.8 Å². The molecule has 1 heterocycles. The number of benzene rings is 2. The Hall–Kier alpha value is -1.95. The van der Waals surface area contributed by atoms with Crippen molar-refractivity contribution in [3.63, 3.8) is 0 Å². The van der Waals surface area contributed by atoms with E-state index in [0.29, 0.717) is 12.3 Å². The summed E-state index contributed by atoms with van der Waals surface area (Å²) < 4.78 is 5.61. The van der Waals surface area contributed by atoms with Gasteiger partial charge in [-0.2, -0.15) is 0 Å². The van der Waals surface area contributed by atoms with E-state index in [1.165, 1.54) is 0 Å². The highest BCUT2D eigenvalue weighted by Crippen LogP contribution is 2.33. The average Bonchev–Trinajstić information content (AvgIpc) is 2.56. The van der Waals surface area contributed by atoms with Gasteiger partial charge in [-0.05, 0) is 30.7 Å². The zero-order valence-electron chi connectivity index (χ0n) is 14.2. The SMILES string of the molecule is CN1CCOc2ccc(NC(=O)C(C)(N)c3ccccc3)cc21.Cl.Cl. The van der Waals surface area contributed by atoms with Crippen molar-refractivity contribution in [1.29, 1.82) is 0 Å². The summed E-state index contributed by atoms with van der Waals surface area (Å²) in [5, 5.41) is 2.91. The Labute approximate surface area is 160 Å². The monoisotopic (exact) mass is 383 g/mol. The van der Waals surface area contributed by atoms with Crippen molar-refractivity contribution in [1.82, 2.24) is 0 Å². The van der Waals surface area contributed by atoms with Gasteiger partial charge >= 0.3 is 0 Å². The Morgan fingerprint density at radius 1 is 1.20 bits per heavy atom. The molecule has 0 fully saturated rings. The van der Waals surface area contributed by atoms with Gasteiger partial charge in [0.25, 0.3) is 0 Å². The largest absolute Gasteiger partial charge is 0.490 e. The molecule has 136 valence electrons. The lowest BCUT2D eigenvalue weighted by atomic mass is 9.92. The molecule has 2 aromatic rings. The summed E-state index contributed by atoms with van der Waals surface area (Å²) in [6.45, 7) is 3.21. The van der Waals surface area contributed by atoms with Crippen LogP contribution in [0.5, 0.6) is 5.75 Å². The molecule has 3 rings (SSSR count). The quantitative estimate of drug-likeness (QED) is 0.853. The van der Waals surface area contributed by atoms with Crippen LogP contribution in [-0.2, 0) is 10.3 Å². The van der Waals surface area contributed by atoms with Gasteiger partial charge in [0.15, 0.2) is 0 Å². The van der Waals surface area contributed by atoms with E-state index < -0.39 is 5.54 Å². The Morgan fingerprint density at radius 3 is 2.56 bits per heavy atom. The molecule has 1 unspecified atom stereocenters. The first-order chi connectivity index (χ1) is 11.0. The molecule has 5 nitrogen and oxygen atoms in total. The highest BCUT2D eigenvalue weighted by Gasteiger charge is 2.30. The molecule has 1 aliphatic rings. The third kappa shape index (κ3) is 4.37. The van der Waals surface area contributed by atoms with Crippen molar-refractivity contribution in [2.45, 2.75) is 12.5 Å². The van der Waals surface area contributed by atoms with Crippen LogP contribution in [0.3, 0.4) is 0 Å². The zero-order valence-corrected chi connectivity index (χ0v) is 15.8. The van der Waals surface area contributed by atoms with Crippen LogP contribution < -0.4 is 20.7 Å². The molecule has 0 aliphatic carbocycles. The Balaban J connectivity index is 0.00000156. The smallest absolute Gasteiger partial charge is 0.248 e. The molecule has 0 saturated heterocycles. The molecular formula is C18H23Cl2N3O2. The van der Waals surface area contributed by atoms with E-state index in [2.05, 4.69) is 10.2 Å². The molecule has 1 amide bonds. The van der Waals surface area contributed by atoms with Gasteiger partial charge in [0, 0.05) is 12.7 Å². The summed E-state index contributed by atoms with van der Waals surface area (Å²) in [4.78, 5) is 14.7. The number of likely N-dealkylation sites (N-methyl/N-ethyl adjacent to an activating group) is 1. The van der Waals surface area contributed by atoms with E-state index in [-0.39, 0.29) is 30.7 Å². The van der Waals surface area contributed by atoms with Gasteiger partial charge < -0.3 is 20.7 Å². The number of nitrogens with zero attached hydrogens (tertiary/aromatic N) is 1. The Bertz CT molecular complexity index is 724. The number of hydrogen-bond donors (Lipinski definition) is 2. The molecule has 2 aromatic carbocycles. The molecule has 3 N–H and O–H groups in total. The van der Waals surface area contributed by atoms with Crippen molar-refractivity contribution >= 4 is 42.1 Å². The first-order valence-electron chi connectivity index (χ1n) is 7.62. The van der Waals surface area contributed by atoms with E-state index in [1.54, 1.807) is 6.92 Å². The first-order valence-corrected chi connectivity index (χ1v) is 7.62. The maximum absolute atomic E-state index is 12.6. The third-order valence-corrected chi connectivity index (χ3v) is 4.16. The van der Waals surface area contributed by atoms with Crippen molar-refractivity contribution in [3.05, 3.63) is 54.1 Å². The second-order valence-electron chi connectivity index (χ2n) is 5.98. The predicted molar refractivity (Wildman–Crippen MR) is 106 cm³/mol. The number of ether oxygens (including phenoxy) is 1. The summed E-state index contributed by atoms with van der Waals surface area (Å²) in [5.74, 6) is 0.582. The Morgan fingerprint density at radius 2 is 1.88 bits per heavy atom. The van der Waals surface area contributed by atoms with E-state index in [4.69, 9.17) is 10.5 Å². The molecule has 7 heteroatoms. The van der Waals surface area contributed by atoms with Crippen molar-refractivity contribution in [3.8, 4) is 5.75 Å². The fraction of sp³-hybridized carbons (Fsp3) is 0.278. The van der Waals surface area contributed by atoms with Crippen LogP contribution in [0.1, 0.15) is 12.5 Å². The molecular weight excluding hydrogens is 361 g/mol. The van der Waals surface area contributed by atoms with E-state index in [1.807, 2.05) is 55.6 Å². The van der Waals surface area contributed by atoms with Gasteiger partial charge in [-0.1, -0.05) is 30.3 Å². The van der Waals surface area contributed by atoms with Crippen LogP contribution in [0.4, 0.5) is 11.4 Å². The summed E-state index contributed by atoms with van der Waals surface area (Å²) in [6, 6.07) is 15.0. The van der Waals surface area contributed by atoms with Crippen LogP contribution in [0.15, 0.2) is 48.5 Å². The number of hydrogen-bond acceptors (Lipinski definition) is 4. The minimum atomic E-state index is -1.10. The van der Waals surface area contributed by atoms with Crippen LogP contribution in [0.2, 0.25) is 0 Å². The summed E-state index contributed by atoms with van der Waals surface area (Å²) >= 11 is 0. The number of nitrogens with one attached hydrogen (secondary N) is 1. The number of fused-ring (bicyclic) bond motifs is 1. The minimum absolute atomic E-state index is 0. The summed E-state index contributed by atoms with van der Waals surface area (Å²) in [7, 11) is 2.00. The second-order valence-corrected chi connectivity index (χ2v) is 5.98. The molecule has 0 bridgehead atoms. The lowest BCUT2D eigenvalue weighted by molar-refractivity contribution is -0.120. The topological polar surface area (TPSA) is 67.6 Å². The van der Waals surface area contributed by atoms with Gasteiger partial charge in [0.1, 0.15) is 17.9 Å². The molecule has 0 saturated carbocycles. The number of amides is 1. The lowest BCUT2D eigenvalue weighted by Crippen LogP contribution is -2.45. The number of carbonyl (C=O) groups is 1. The summed E-state index contributed by atoms with van der Waals surface area (Å²) in [5.41, 5.74) is 7.60. The van der Waals surface area contributed by atoms with Crippen molar-refractivity contribution in [2.75, 3.05) is 30.4 Å². The predicted octanol–water partition coefficient (Wildman–Crippen LogP) is 3.17. The summed E-state index contributed by atoms with van der Waals surface area (Å²) in [6.07, 6.45) is 0. The van der Waals surface area contributed by atoms with Gasteiger partial charge in [0.2, 0.25) is 5.91 Å². The van der Waals surface area contributed by atoms with Crippen molar-refractivity contribution in [2.24, 2.45) is 5.73 Å². The van der Waals surface area contributed by atoms with Crippen LogP contribution in [0, 0.1) is 0 Å². The number of carbonyl (C=O) groups excluding carboxylic acids is 1. The number of rotatable bonds is 3. The number of nitrogens with two attached hydrogens (primary N) is 1. The number of halogens is 2. The van der Waals surface area contributed by atoms with E-state index >= 15 is 0 Å². The highest BCUT2D eigenvalue weighted by atomic mass is 35.5. The standard InChI is InChI=1S/C18H21N3O2.2ClH/c1-18(19,13-6-4-3-5-7-13)17(22)20-14-8-9-16-15(12-14)21(2)10-11-23-16;;/h3-9,12H,10-11,19H2,1-2H3,(H,20,22);2*1H. The third-order valence-electron chi connectivity index (χ3n) is 4.16. The molecule has 0 aromatic heterocycles. The van der Waals surface area contributed by atoms with Gasteiger partial charge in [-0.3, -0.25) is 4.79 Å². The average molecular weight is 384 g/mol. The normalized spacial score (nSPS) is 14.8. The first kappa shape index (κ1) is 21.1. The fourth-order valence-corrected chi connectivity index (χ4v) is 2.60. The van der Waals surface area contributed by atoms with Crippen LogP contribution in [0.25, 0.3) is 0 Å². The molecule has 1 atom stereocenters. The van der Waals surface area contributed by atoms with Gasteiger partial charge in [0.05, 0.1) is 12.2 Å². The van der Waals surface area contributed by atoms with Gasteiger partial charge in [-0.25, -0.2) is 0 Å². The molecule has 1 aliphatic heterocycles. The Kier molecular flexibility index (Phi) is 7.11. The molecule has 0 radical (unpaired) electrons. The van der Waals surface area contributed by atoms with Crippen LogP contribution in [-0.4, -0.2) is 26.1 Å². The molecule has 0 spiro atoms. The minimum Gasteiger partial charge on any atom is -0.490 e. The maximum atomic E-state index is 12.6. The zero-order chi connectivity index (χ0) is 16.4. The molecule has 25 heavy (non-hydrogen) atoms. The number of anilines is 2. The second kappa shape index (κ2) is 8.43. The van der Waals surface area contributed by atoms with E-state index in [9.17, 15) is 4.79 Å². The lowest BCUT2D eigenvalue weighted by Gasteiger charge is -2.29. The maximum Gasteiger partial charge on any atom is 0.248 e. The van der Waals surface area contributed by atoms with Crippen molar-refractivity contribution < 1.29 is 9.53 Å². The fourth-order valence-electron chi connectivity index (χ4n) is 2.60. The highest BCUT2D eigenvalue weighted by molar-refractivity contribution is 5.98. The van der Waals surface area contributed by atoms with Crippen LogP contribution >= 0.6 is 24.8 Å². The van der Waals surface area contributed by atoms with E-state index in [0.717, 1.165) is 23.5 Å².